The van der Waals surface area contributed by atoms with Gasteiger partial charge in [0.05, 0.1) is 29.7 Å². The first-order valence-electron chi connectivity index (χ1n) is 13.1. The molecule has 37 heavy (non-hydrogen) atoms. The first-order chi connectivity index (χ1) is 18.1. The van der Waals surface area contributed by atoms with Gasteiger partial charge in [0.25, 0.3) is 5.56 Å². The van der Waals surface area contributed by atoms with Crippen molar-refractivity contribution in [2.75, 3.05) is 13.7 Å². The summed E-state index contributed by atoms with van der Waals surface area (Å²) >= 11 is 0. The number of nitrogens with zero attached hydrogens (tertiary/aromatic N) is 3. The zero-order valence-corrected chi connectivity index (χ0v) is 21.9. The topological polar surface area (TPSA) is 64.4 Å². The number of amides is 1. The van der Waals surface area contributed by atoms with E-state index in [9.17, 15) is 9.59 Å². The molecular weight excluding hydrogens is 462 g/mol. The van der Waals surface area contributed by atoms with E-state index in [2.05, 4.69) is 19.1 Å². The van der Waals surface area contributed by atoms with Crippen molar-refractivity contribution in [3.05, 3.63) is 101 Å². The van der Waals surface area contributed by atoms with Crippen LogP contribution in [0.3, 0.4) is 0 Å². The number of hydrogen-bond acceptors (Lipinski definition) is 4. The van der Waals surface area contributed by atoms with Gasteiger partial charge in [-0.2, -0.15) is 0 Å². The summed E-state index contributed by atoms with van der Waals surface area (Å²) in [5.74, 6) is 1.21. The van der Waals surface area contributed by atoms with Crippen molar-refractivity contribution in [2.45, 2.75) is 52.0 Å². The van der Waals surface area contributed by atoms with Crippen LogP contribution in [0.5, 0.6) is 5.75 Å². The fourth-order valence-corrected chi connectivity index (χ4v) is 4.78. The molecule has 1 aromatic heterocycles. The van der Waals surface area contributed by atoms with Crippen LogP contribution in [0.4, 0.5) is 0 Å². The second kappa shape index (κ2) is 12.3. The third kappa shape index (κ3) is 5.74. The largest absolute Gasteiger partial charge is 0.495 e. The van der Waals surface area contributed by atoms with Crippen LogP contribution in [0.2, 0.25) is 0 Å². The highest BCUT2D eigenvalue weighted by molar-refractivity contribution is 5.79. The molecular formula is C31H35N3O3. The van der Waals surface area contributed by atoms with Crippen molar-refractivity contribution in [3.8, 4) is 11.4 Å². The summed E-state index contributed by atoms with van der Waals surface area (Å²) in [6.45, 7) is 4.67. The third-order valence-electron chi connectivity index (χ3n) is 6.74. The third-order valence-corrected chi connectivity index (χ3v) is 6.74. The minimum atomic E-state index is -0.379. The molecule has 192 valence electrons. The molecule has 0 aliphatic carbocycles. The number of methoxy groups -OCH3 is 1. The Bertz CT molecular complexity index is 1400. The van der Waals surface area contributed by atoms with Crippen molar-refractivity contribution in [2.24, 2.45) is 0 Å². The zero-order chi connectivity index (χ0) is 26.2. The van der Waals surface area contributed by atoms with Crippen LogP contribution in [-0.4, -0.2) is 34.0 Å². The highest BCUT2D eigenvalue weighted by Crippen LogP contribution is 2.30. The van der Waals surface area contributed by atoms with E-state index in [1.807, 2.05) is 72.5 Å². The fourth-order valence-electron chi connectivity index (χ4n) is 4.78. The first-order valence-corrected chi connectivity index (χ1v) is 13.1. The number of ether oxygens (including phenoxy) is 1. The lowest BCUT2D eigenvalue weighted by Crippen LogP contribution is -2.39. The molecule has 0 N–H and O–H groups in total. The van der Waals surface area contributed by atoms with E-state index in [0.29, 0.717) is 47.6 Å². The molecule has 0 bridgehead atoms. The van der Waals surface area contributed by atoms with Crippen molar-refractivity contribution in [1.29, 1.82) is 0 Å². The van der Waals surface area contributed by atoms with Crippen LogP contribution in [0.25, 0.3) is 16.6 Å². The van der Waals surface area contributed by atoms with Crippen molar-refractivity contribution in [1.82, 2.24) is 14.5 Å². The Balaban J connectivity index is 1.89. The highest BCUT2D eigenvalue weighted by Gasteiger charge is 2.29. The smallest absolute Gasteiger partial charge is 0.266 e. The summed E-state index contributed by atoms with van der Waals surface area (Å²) in [5, 5.41) is 0.528. The molecule has 0 aliphatic rings. The van der Waals surface area contributed by atoms with Crippen LogP contribution in [0.1, 0.15) is 57.0 Å². The summed E-state index contributed by atoms with van der Waals surface area (Å²) < 4.78 is 7.27. The van der Waals surface area contributed by atoms with Gasteiger partial charge in [0.1, 0.15) is 11.6 Å². The van der Waals surface area contributed by atoms with E-state index in [0.717, 1.165) is 19.3 Å². The zero-order valence-electron chi connectivity index (χ0n) is 21.9. The summed E-state index contributed by atoms with van der Waals surface area (Å²) in [6.07, 6.45) is 3.57. The number of hydrogen-bond donors (Lipinski definition) is 0. The van der Waals surface area contributed by atoms with Crippen LogP contribution in [-0.2, 0) is 11.2 Å². The van der Waals surface area contributed by atoms with Gasteiger partial charge in [-0.1, -0.05) is 74.9 Å². The molecule has 1 atom stereocenters. The second-order valence-electron chi connectivity index (χ2n) is 9.15. The second-order valence-corrected chi connectivity index (χ2v) is 9.15. The van der Waals surface area contributed by atoms with E-state index in [-0.39, 0.29) is 17.5 Å². The Kier molecular flexibility index (Phi) is 8.72. The molecule has 4 rings (SSSR count). The first kappa shape index (κ1) is 26.1. The molecule has 3 aromatic carbocycles. The number of unbranched alkanes of at least 4 members (excludes halogenated alkanes) is 1. The predicted molar refractivity (Wildman–Crippen MR) is 148 cm³/mol. The average Bonchev–Trinajstić information content (AvgIpc) is 2.94. The maximum atomic E-state index is 13.9. The number of carbonyl (C=O) groups excluding carboxylic acids is 1. The lowest BCUT2D eigenvalue weighted by Gasteiger charge is -2.33. The quantitative estimate of drug-likeness (QED) is 0.251. The maximum absolute atomic E-state index is 13.9. The van der Waals surface area contributed by atoms with Gasteiger partial charge in [-0.05, 0) is 49.1 Å². The van der Waals surface area contributed by atoms with Crippen molar-refractivity contribution < 1.29 is 9.53 Å². The molecule has 0 saturated heterocycles. The summed E-state index contributed by atoms with van der Waals surface area (Å²) in [5.41, 5.74) is 2.23. The summed E-state index contributed by atoms with van der Waals surface area (Å²) in [6, 6.07) is 24.6. The van der Waals surface area contributed by atoms with Gasteiger partial charge in [-0.3, -0.25) is 14.2 Å². The van der Waals surface area contributed by atoms with Gasteiger partial charge in [0, 0.05) is 13.0 Å². The number of carbonyl (C=O) groups is 1. The molecule has 1 amide bonds. The molecule has 0 spiro atoms. The van der Waals surface area contributed by atoms with Gasteiger partial charge < -0.3 is 9.64 Å². The molecule has 6 heteroatoms. The summed E-state index contributed by atoms with van der Waals surface area (Å²) in [4.78, 5) is 34.5. The van der Waals surface area contributed by atoms with Gasteiger partial charge in [-0.15, -0.1) is 0 Å². The average molecular weight is 498 g/mol. The normalized spacial score (nSPS) is 11.9. The van der Waals surface area contributed by atoms with Crippen LogP contribution in [0, 0.1) is 0 Å². The number of benzene rings is 3. The van der Waals surface area contributed by atoms with Gasteiger partial charge >= 0.3 is 0 Å². The highest BCUT2D eigenvalue weighted by atomic mass is 16.5. The molecule has 0 saturated carbocycles. The van der Waals surface area contributed by atoms with E-state index in [1.165, 1.54) is 5.56 Å². The van der Waals surface area contributed by atoms with Gasteiger partial charge in [0.2, 0.25) is 5.91 Å². The number of rotatable bonds is 11. The minimum Gasteiger partial charge on any atom is -0.495 e. The molecule has 0 aliphatic heterocycles. The Hall–Kier alpha value is -3.93. The number of aromatic nitrogens is 2. The Labute approximate surface area is 218 Å². The van der Waals surface area contributed by atoms with Crippen LogP contribution >= 0.6 is 0 Å². The Morgan fingerprint density at radius 3 is 2.41 bits per heavy atom. The molecule has 1 heterocycles. The number of para-hydroxylation sites is 3. The monoisotopic (exact) mass is 497 g/mol. The standard InChI is InChI=1S/C31H35N3O3/c1-4-6-20-29(35)33(22-21-23-14-8-7-9-15-23)26(5-2)30-32-25-17-11-10-16-24(25)31(36)34(30)27-18-12-13-19-28(27)37-3/h7-19,26H,4-6,20-22H2,1-3H3. The molecule has 0 radical (unpaired) electrons. The van der Waals surface area contributed by atoms with Crippen molar-refractivity contribution in [3.63, 3.8) is 0 Å². The molecule has 1 unspecified atom stereocenters. The number of fused-ring (bicyclic) bond motifs is 1. The lowest BCUT2D eigenvalue weighted by atomic mass is 10.1. The van der Waals surface area contributed by atoms with E-state index < -0.39 is 0 Å². The SMILES string of the molecule is CCCCC(=O)N(CCc1ccccc1)C(CC)c1nc2ccccc2c(=O)n1-c1ccccc1OC. The molecule has 4 aromatic rings. The Morgan fingerprint density at radius 1 is 0.973 bits per heavy atom. The van der Waals surface area contributed by atoms with E-state index in [1.54, 1.807) is 17.7 Å². The molecule has 0 fully saturated rings. The van der Waals surface area contributed by atoms with E-state index in [4.69, 9.17) is 9.72 Å². The molecule has 6 nitrogen and oxygen atoms in total. The maximum Gasteiger partial charge on any atom is 0.266 e. The Morgan fingerprint density at radius 2 is 1.68 bits per heavy atom. The van der Waals surface area contributed by atoms with E-state index >= 15 is 0 Å². The van der Waals surface area contributed by atoms with Gasteiger partial charge in [0.15, 0.2) is 0 Å². The lowest BCUT2D eigenvalue weighted by molar-refractivity contribution is -0.134. The minimum absolute atomic E-state index is 0.0821. The van der Waals surface area contributed by atoms with Crippen LogP contribution in [0.15, 0.2) is 83.7 Å². The summed E-state index contributed by atoms with van der Waals surface area (Å²) in [7, 11) is 1.59. The predicted octanol–water partition coefficient (Wildman–Crippen LogP) is 6.11. The van der Waals surface area contributed by atoms with Gasteiger partial charge in [-0.25, -0.2) is 4.98 Å². The van der Waals surface area contributed by atoms with Crippen molar-refractivity contribution >= 4 is 16.8 Å². The fraction of sp³-hybridized carbons (Fsp3) is 0.323. The van der Waals surface area contributed by atoms with Crippen LogP contribution < -0.4 is 10.3 Å².